The molecule has 0 aliphatic carbocycles. The van der Waals surface area contributed by atoms with Crippen molar-refractivity contribution in [3.8, 4) is 0 Å². The van der Waals surface area contributed by atoms with E-state index >= 15 is 0 Å². The Labute approximate surface area is 165 Å². The topological polar surface area (TPSA) is 63.7 Å². The molecule has 0 saturated heterocycles. The third kappa shape index (κ3) is 2.83. The molecular formula is C17H11I2NO4. The number of hydrogen-bond acceptors (Lipinski definition) is 4. The second-order valence-electron chi connectivity index (χ2n) is 5.00. The highest BCUT2D eigenvalue weighted by Crippen LogP contribution is 2.35. The average molecular weight is 547 g/mol. The molecule has 0 saturated carbocycles. The van der Waals surface area contributed by atoms with Crippen molar-refractivity contribution in [1.29, 1.82) is 0 Å². The maximum Gasteiger partial charge on any atom is 0.338 e. The molecule has 24 heavy (non-hydrogen) atoms. The predicted octanol–water partition coefficient (Wildman–Crippen LogP) is 3.87. The molecule has 3 rings (SSSR count). The summed E-state index contributed by atoms with van der Waals surface area (Å²) in [5, 5.41) is 0. The van der Waals surface area contributed by atoms with Gasteiger partial charge in [0.25, 0.3) is 11.8 Å². The Balaban J connectivity index is 2.07. The van der Waals surface area contributed by atoms with Gasteiger partial charge < -0.3 is 4.74 Å². The van der Waals surface area contributed by atoms with Crippen LogP contribution in [0.3, 0.4) is 0 Å². The highest BCUT2D eigenvalue weighted by Gasteiger charge is 2.38. The fraction of sp³-hybridized carbons (Fsp3) is 0.118. The van der Waals surface area contributed by atoms with E-state index in [2.05, 4.69) is 0 Å². The molecule has 1 aliphatic rings. The van der Waals surface area contributed by atoms with Crippen molar-refractivity contribution in [2.24, 2.45) is 0 Å². The van der Waals surface area contributed by atoms with Crippen molar-refractivity contribution in [3.05, 3.63) is 60.2 Å². The minimum absolute atomic E-state index is 0.284. The molecule has 0 bridgehead atoms. The number of esters is 1. The van der Waals surface area contributed by atoms with Crippen LogP contribution in [0.5, 0.6) is 0 Å². The highest BCUT2D eigenvalue weighted by molar-refractivity contribution is 14.1. The van der Waals surface area contributed by atoms with Crippen LogP contribution in [0.15, 0.2) is 36.4 Å². The van der Waals surface area contributed by atoms with Crippen LogP contribution in [0.2, 0.25) is 0 Å². The van der Waals surface area contributed by atoms with Crippen LogP contribution in [-0.2, 0) is 4.74 Å². The van der Waals surface area contributed by atoms with Crippen LogP contribution >= 0.6 is 45.2 Å². The first-order valence-electron chi connectivity index (χ1n) is 7.09. The van der Waals surface area contributed by atoms with Crippen LogP contribution in [-0.4, -0.2) is 24.4 Å². The molecule has 5 nitrogen and oxygen atoms in total. The largest absolute Gasteiger partial charge is 0.462 e. The quantitative estimate of drug-likeness (QED) is 0.333. The number of imide groups is 1. The first kappa shape index (κ1) is 17.3. The van der Waals surface area contributed by atoms with Gasteiger partial charge in [-0.1, -0.05) is 12.1 Å². The summed E-state index contributed by atoms with van der Waals surface area (Å²) in [5.74, 6) is -1.13. The molecule has 0 unspecified atom stereocenters. The number of ether oxygens (including phenoxy) is 1. The van der Waals surface area contributed by atoms with E-state index in [0.717, 1.165) is 0 Å². The number of rotatable bonds is 3. The normalized spacial score (nSPS) is 13.2. The summed E-state index contributed by atoms with van der Waals surface area (Å²) >= 11 is 4.05. The first-order chi connectivity index (χ1) is 11.5. The third-order valence-corrected chi connectivity index (χ3v) is 5.19. The minimum Gasteiger partial charge on any atom is -0.462 e. The lowest BCUT2D eigenvalue weighted by Crippen LogP contribution is -2.31. The van der Waals surface area contributed by atoms with Crippen LogP contribution < -0.4 is 4.90 Å². The molecule has 0 atom stereocenters. The van der Waals surface area contributed by atoms with Crippen molar-refractivity contribution in [3.63, 3.8) is 0 Å². The molecule has 0 radical (unpaired) electrons. The maximum atomic E-state index is 12.6. The van der Waals surface area contributed by atoms with Gasteiger partial charge in [0.1, 0.15) is 0 Å². The summed E-state index contributed by atoms with van der Waals surface area (Å²) in [5.41, 5.74) is 1.67. The first-order valence-corrected chi connectivity index (χ1v) is 9.25. The van der Waals surface area contributed by atoms with Crippen LogP contribution in [0, 0.1) is 7.14 Å². The van der Waals surface area contributed by atoms with Gasteiger partial charge in [-0.3, -0.25) is 9.59 Å². The summed E-state index contributed by atoms with van der Waals surface area (Å²) in [4.78, 5) is 38.4. The Morgan fingerprint density at radius 3 is 2.00 bits per heavy atom. The molecule has 0 fully saturated rings. The second-order valence-corrected chi connectivity index (χ2v) is 7.32. The van der Waals surface area contributed by atoms with Crippen LogP contribution in [0.25, 0.3) is 0 Å². The van der Waals surface area contributed by atoms with Crippen LogP contribution in [0.4, 0.5) is 5.69 Å². The van der Waals surface area contributed by atoms with Crippen molar-refractivity contribution >= 4 is 68.7 Å². The van der Waals surface area contributed by atoms with Gasteiger partial charge in [0.15, 0.2) is 0 Å². The second kappa shape index (κ2) is 6.79. The molecule has 0 N–H and O–H groups in total. The van der Waals surface area contributed by atoms with Gasteiger partial charge in [0.2, 0.25) is 0 Å². The summed E-state index contributed by atoms with van der Waals surface area (Å²) in [6.07, 6.45) is 0. The van der Waals surface area contributed by atoms with E-state index in [1.165, 1.54) is 4.90 Å². The zero-order valence-corrected chi connectivity index (χ0v) is 16.8. The molecular weight excluding hydrogens is 536 g/mol. The Morgan fingerprint density at radius 1 is 1.04 bits per heavy atom. The maximum absolute atomic E-state index is 12.6. The number of carbonyl (C=O) groups excluding carboxylic acids is 3. The van der Waals surface area contributed by atoms with Crippen molar-refractivity contribution < 1.29 is 19.1 Å². The Morgan fingerprint density at radius 2 is 1.54 bits per heavy atom. The number of hydrogen-bond donors (Lipinski definition) is 0. The Hall–Kier alpha value is -1.49. The molecule has 2 amide bonds. The van der Waals surface area contributed by atoms with Gasteiger partial charge in [-0.25, -0.2) is 9.69 Å². The lowest BCUT2D eigenvalue weighted by Gasteiger charge is -2.18. The predicted molar refractivity (Wildman–Crippen MR) is 105 cm³/mol. The number of carbonyl (C=O) groups is 3. The summed E-state index contributed by atoms with van der Waals surface area (Å²) in [6.45, 7) is 2.02. The SMILES string of the molecule is CCOC(=O)c1cc(I)c(N2C(=O)c3ccccc3C2=O)c(I)c1. The molecule has 2 aromatic carbocycles. The monoisotopic (exact) mass is 547 g/mol. The van der Waals surface area contributed by atoms with E-state index in [9.17, 15) is 14.4 Å². The minimum atomic E-state index is -0.428. The van der Waals surface area contributed by atoms with Crippen LogP contribution in [0.1, 0.15) is 38.0 Å². The van der Waals surface area contributed by atoms with Gasteiger partial charge in [-0.2, -0.15) is 0 Å². The smallest absolute Gasteiger partial charge is 0.338 e. The Bertz CT molecular complexity index is 821. The highest BCUT2D eigenvalue weighted by atomic mass is 127. The van der Waals surface area contributed by atoms with Crippen molar-refractivity contribution in [2.45, 2.75) is 6.92 Å². The summed E-state index contributed by atoms with van der Waals surface area (Å²) < 4.78 is 6.28. The third-order valence-electron chi connectivity index (χ3n) is 3.55. The number of benzene rings is 2. The molecule has 7 heteroatoms. The number of fused-ring (bicyclic) bond motifs is 1. The molecule has 1 aliphatic heterocycles. The van der Waals surface area contributed by atoms with E-state index < -0.39 is 5.97 Å². The van der Waals surface area contributed by atoms with Gasteiger partial charge in [-0.15, -0.1) is 0 Å². The van der Waals surface area contributed by atoms with E-state index in [1.807, 2.05) is 45.2 Å². The summed E-state index contributed by atoms with van der Waals surface area (Å²) in [6, 6.07) is 9.99. The fourth-order valence-electron chi connectivity index (χ4n) is 2.50. The molecule has 2 aromatic rings. The molecule has 1 heterocycles. The van der Waals surface area contributed by atoms with E-state index in [0.29, 0.717) is 29.5 Å². The zero-order valence-electron chi connectivity index (χ0n) is 12.5. The van der Waals surface area contributed by atoms with Gasteiger partial charge in [-0.05, 0) is 76.4 Å². The summed E-state index contributed by atoms with van der Waals surface area (Å²) in [7, 11) is 0. The molecule has 0 spiro atoms. The van der Waals surface area contributed by atoms with Crippen molar-refractivity contribution in [2.75, 3.05) is 11.5 Å². The number of anilines is 1. The standard InChI is InChI=1S/C17H11I2NO4/c1-2-24-17(23)9-7-12(18)14(13(19)8-9)20-15(21)10-5-3-4-6-11(10)16(20)22/h3-8H,2H2,1H3. The van der Waals surface area contributed by atoms with E-state index in [-0.39, 0.29) is 18.4 Å². The zero-order chi connectivity index (χ0) is 17.4. The lowest BCUT2D eigenvalue weighted by molar-refractivity contribution is 0.0526. The number of amides is 2. The fourth-order valence-corrected chi connectivity index (χ4v) is 4.75. The van der Waals surface area contributed by atoms with Gasteiger partial charge in [0.05, 0.1) is 29.0 Å². The van der Waals surface area contributed by atoms with E-state index in [1.54, 1.807) is 43.3 Å². The number of halogens is 2. The van der Waals surface area contributed by atoms with Gasteiger partial charge >= 0.3 is 5.97 Å². The molecule has 0 aromatic heterocycles. The lowest BCUT2D eigenvalue weighted by atomic mass is 10.1. The molecule has 122 valence electrons. The van der Waals surface area contributed by atoms with E-state index in [4.69, 9.17) is 4.74 Å². The van der Waals surface area contributed by atoms with Crippen molar-refractivity contribution in [1.82, 2.24) is 0 Å². The number of nitrogens with zero attached hydrogens (tertiary/aromatic N) is 1. The average Bonchev–Trinajstić information content (AvgIpc) is 2.80. The Kier molecular flexibility index (Phi) is 4.90. The van der Waals surface area contributed by atoms with Gasteiger partial charge in [0, 0.05) is 7.14 Å².